The van der Waals surface area contributed by atoms with Gasteiger partial charge in [-0.1, -0.05) is 24.3 Å². The van der Waals surface area contributed by atoms with Crippen molar-refractivity contribution in [2.45, 2.75) is 36.3 Å². The van der Waals surface area contributed by atoms with Gasteiger partial charge in [0.15, 0.2) is 5.78 Å². The van der Waals surface area contributed by atoms with Gasteiger partial charge in [0.25, 0.3) is 0 Å². The highest BCUT2D eigenvalue weighted by Gasteiger charge is 3.02. The molecule has 9 saturated carbocycles. The second-order valence-electron chi connectivity index (χ2n) is 14.4. The number of fused-ring (bicyclic) bond motifs is 2. The van der Waals surface area contributed by atoms with E-state index in [9.17, 15) is 9.59 Å². The highest BCUT2D eigenvalue weighted by atomic mass is 16.5. The Morgan fingerprint density at radius 2 is 1.38 bits per heavy atom. The average Bonchev–Trinajstić information content (AvgIpc) is 3.52. The third kappa shape index (κ3) is 0.786. The Balaban J connectivity index is 1.13. The van der Waals surface area contributed by atoms with E-state index in [1.165, 1.54) is 12.8 Å². The minimum atomic E-state index is -0.337. The fourth-order valence-electron chi connectivity index (χ4n) is 16.1. The Hall–Kier alpha value is -1.26. The molecular weight excluding hydrogens is 400 g/mol. The van der Waals surface area contributed by atoms with E-state index in [4.69, 9.17) is 9.47 Å². The van der Waals surface area contributed by atoms with Gasteiger partial charge in [0.2, 0.25) is 0 Å². The van der Waals surface area contributed by atoms with Crippen molar-refractivity contribution in [1.82, 2.24) is 0 Å². The summed E-state index contributed by atoms with van der Waals surface area (Å²) >= 11 is 0. The van der Waals surface area contributed by atoms with Crippen molar-refractivity contribution in [2.75, 3.05) is 0 Å². The smallest absolute Gasteiger partial charge is 0.151 e. The SMILES string of the molecule is O=C1[C@H]2[C@@H]3C[C@@H]4[C@H]2O[C@@]25[C@@H]4[C@@H]3[C@@]12[C@@H]1C=C[C@H]5[C@@H]2[C@H]1C=C[C@]13C(=O)[C@H]4[C@@H]5C[C@@H]6[C@H]4O[C@]21[C@@H]6[C@@H]53. The molecule has 32 heavy (non-hydrogen) atoms. The summed E-state index contributed by atoms with van der Waals surface area (Å²) in [4.78, 5) is 28.2. The standard InChI is InChI=1S/C28H24O4/c29-23-14-8-5-10-19-17(8)25(23)4-3-7-12-1-2-13(16(7)28(19,25)32-21(10)14)27-20-11-6-9-15(22(11)31-27)24(30)26(12,27)18(9)20/h1-4,7-22H,5-6H2/t7-,8-,9-,10-,11-,12+,13-,14-,15-,16-,17+,18+,19-,20-,21+,22+,25-,26-,27-,28-/m0/s1. The van der Waals surface area contributed by atoms with Crippen LogP contribution in [0.3, 0.4) is 0 Å². The Bertz CT molecular complexity index is 1300. The van der Waals surface area contributed by atoms with E-state index in [-0.39, 0.29) is 57.9 Å². The van der Waals surface area contributed by atoms with Crippen LogP contribution in [0.1, 0.15) is 12.8 Å². The molecule has 160 valence electrons. The predicted molar refractivity (Wildman–Crippen MR) is 106 cm³/mol. The number of ketones is 2. The molecule has 14 aliphatic rings. The maximum atomic E-state index is 14.2. The molecule has 20 atom stereocenters. The van der Waals surface area contributed by atoms with E-state index in [2.05, 4.69) is 24.3 Å². The van der Waals surface area contributed by atoms with Crippen LogP contribution in [0.15, 0.2) is 24.3 Å². The summed E-state index contributed by atoms with van der Waals surface area (Å²) < 4.78 is 14.4. The molecule has 6 bridgehead atoms. The first kappa shape index (κ1) is 14.9. The van der Waals surface area contributed by atoms with Crippen molar-refractivity contribution in [3.63, 3.8) is 0 Å². The van der Waals surface area contributed by atoms with E-state index < -0.39 is 0 Å². The molecule has 2 aliphatic heterocycles. The van der Waals surface area contributed by atoms with Crippen LogP contribution in [0.2, 0.25) is 0 Å². The minimum absolute atomic E-state index is 0.190. The molecule has 2 heterocycles. The molecule has 0 aromatic carbocycles. The van der Waals surface area contributed by atoms with Crippen molar-refractivity contribution in [3.05, 3.63) is 24.3 Å². The van der Waals surface area contributed by atoms with E-state index in [1.54, 1.807) is 0 Å². The van der Waals surface area contributed by atoms with Crippen molar-refractivity contribution >= 4 is 11.6 Å². The van der Waals surface area contributed by atoms with Crippen LogP contribution in [0.4, 0.5) is 0 Å². The normalized spacial score (nSPS) is 85.4. The number of hydrogen-bond acceptors (Lipinski definition) is 4. The Kier molecular flexibility index (Phi) is 1.59. The third-order valence-corrected chi connectivity index (χ3v) is 15.4. The summed E-state index contributed by atoms with van der Waals surface area (Å²) in [6, 6.07) is 0. The van der Waals surface area contributed by atoms with Crippen molar-refractivity contribution < 1.29 is 19.1 Å². The molecule has 0 amide bonds. The molecule has 2 saturated heterocycles. The topological polar surface area (TPSA) is 52.6 Å². The van der Waals surface area contributed by atoms with Gasteiger partial charge in [0.05, 0.1) is 34.2 Å². The molecule has 4 heteroatoms. The third-order valence-electron chi connectivity index (χ3n) is 15.4. The molecule has 11 fully saturated rings. The molecule has 0 unspecified atom stereocenters. The number of allylic oxidation sites excluding steroid dienone is 2. The van der Waals surface area contributed by atoms with Gasteiger partial charge >= 0.3 is 0 Å². The lowest BCUT2D eigenvalue weighted by Gasteiger charge is -2.79. The first-order chi connectivity index (χ1) is 15.7. The van der Waals surface area contributed by atoms with Gasteiger partial charge in [-0.25, -0.2) is 0 Å². The molecule has 4 nitrogen and oxygen atoms in total. The van der Waals surface area contributed by atoms with Gasteiger partial charge in [0, 0.05) is 23.7 Å². The minimum Gasteiger partial charge on any atom is -0.369 e. The molecule has 12 aliphatic carbocycles. The predicted octanol–water partition coefficient (Wildman–Crippen LogP) is 2.04. The summed E-state index contributed by atoms with van der Waals surface area (Å²) in [6.45, 7) is 0. The van der Waals surface area contributed by atoms with Crippen LogP contribution in [-0.2, 0) is 19.1 Å². The van der Waals surface area contributed by atoms with Gasteiger partial charge in [0.1, 0.15) is 5.78 Å². The fraction of sp³-hybridized carbons (Fsp3) is 0.786. The quantitative estimate of drug-likeness (QED) is 0.559. The summed E-state index contributed by atoms with van der Waals surface area (Å²) in [7, 11) is 0. The molecule has 0 radical (unpaired) electrons. The lowest BCUT2D eigenvalue weighted by atomic mass is 9.25. The highest BCUT2D eigenvalue weighted by Crippen LogP contribution is 2.96. The largest absolute Gasteiger partial charge is 0.369 e. The fourth-order valence-corrected chi connectivity index (χ4v) is 16.1. The number of carbonyl (C=O) groups excluding carboxylic acids is 2. The van der Waals surface area contributed by atoms with E-state index in [0.29, 0.717) is 70.7 Å². The van der Waals surface area contributed by atoms with E-state index in [0.717, 1.165) is 0 Å². The van der Waals surface area contributed by atoms with E-state index >= 15 is 0 Å². The molecule has 0 aromatic heterocycles. The van der Waals surface area contributed by atoms with Gasteiger partial charge in [-0.05, 0) is 72.0 Å². The second kappa shape index (κ2) is 3.42. The van der Waals surface area contributed by atoms with Gasteiger partial charge in [-0.15, -0.1) is 0 Å². The summed E-state index contributed by atoms with van der Waals surface area (Å²) in [5.74, 6) is 7.56. The zero-order valence-electron chi connectivity index (χ0n) is 17.6. The number of ether oxygens (including phenoxy) is 2. The Morgan fingerprint density at radius 1 is 0.688 bits per heavy atom. The van der Waals surface area contributed by atoms with Crippen molar-refractivity contribution in [3.8, 4) is 0 Å². The maximum absolute atomic E-state index is 14.2. The number of rotatable bonds is 0. The lowest BCUT2D eigenvalue weighted by Crippen LogP contribution is -2.86. The first-order valence-corrected chi connectivity index (χ1v) is 13.5. The molecule has 0 aromatic rings. The van der Waals surface area contributed by atoms with Crippen molar-refractivity contribution in [1.29, 1.82) is 0 Å². The molecule has 0 N–H and O–H groups in total. The van der Waals surface area contributed by atoms with Gasteiger partial charge < -0.3 is 9.47 Å². The van der Waals surface area contributed by atoms with Gasteiger partial charge in [-0.3, -0.25) is 9.59 Å². The van der Waals surface area contributed by atoms with E-state index in [1.807, 2.05) is 0 Å². The number of Topliss-reactive ketones (excluding diaryl/α,β-unsaturated/α-hetero) is 2. The zero-order valence-corrected chi connectivity index (χ0v) is 17.6. The second-order valence-corrected chi connectivity index (χ2v) is 14.4. The highest BCUT2D eigenvalue weighted by molar-refractivity contribution is 6.00. The van der Waals surface area contributed by atoms with Crippen molar-refractivity contribution in [2.24, 2.45) is 93.7 Å². The summed E-state index contributed by atoms with van der Waals surface area (Å²) in [5, 5.41) is 0. The molecular formula is C28H24O4. The van der Waals surface area contributed by atoms with Crippen LogP contribution in [0, 0.1) is 93.7 Å². The lowest BCUT2D eigenvalue weighted by molar-refractivity contribution is -0.350. The Morgan fingerprint density at radius 3 is 2.22 bits per heavy atom. The summed E-state index contributed by atoms with van der Waals surface area (Å²) in [6.07, 6.45) is 12.6. The monoisotopic (exact) mass is 424 g/mol. The van der Waals surface area contributed by atoms with Crippen LogP contribution in [-0.4, -0.2) is 35.0 Å². The van der Waals surface area contributed by atoms with Crippen LogP contribution in [0.5, 0.6) is 0 Å². The average molecular weight is 424 g/mol. The molecule has 4 spiro atoms. The maximum Gasteiger partial charge on any atom is 0.151 e. The number of hydrogen-bond donors (Lipinski definition) is 0. The van der Waals surface area contributed by atoms with Crippen LogP contribution in [0.25, 0.3) is 0 Å². The first-order valence-electron chi connectivity index (χ1n) is 13.5. The van der Waals surface area contributed by atoms with Crippen LogP contribution < -0.4 is 0 Å². The van der Waals surface area contributed by atoms with Crippen LogP contribution >= 0.6 is 0 Å². The Labute approximate surface area is 185 Å². The number of carbonyl (C=O) groups is 2. The van der Waals surface area contributed by atoms with Gasteiger partial charge in [-0.2, -0.15) is 0 Å². The zero-order chi connectivity index (χ0) is 20.0. The summed E-state index contributed by atoms with van der Waals surface area (Å²) in [5.41, 5.74) is -1.12. The molecule has 14 rings (SSSR count).